The topological polar surface area (TPSA) is 52.8 Å². The van der Waals surface area contributed by atoms with E-state index < -0.39 is 0 Å². The maximum absolute atomic E-state index is 6.07. The van der Waals surface area contributed by atoms with E-state index in [1.165, 1.54) is 10.4 Å². The van der Waals surface area contributed by atoms with Gasteiger partial charge in [0.1, 0.15) is 23.7 Å². The first-order valence-electron chi connectivity index (χ1n) is 9.88. The summed E-state index contributed by atoms with van der Waals surface area (Å²) in [6, 6.07) is 19.9. The zero-order chi connectivity index (χ0) is 21.0. The highest BCUT2D eigenvalue weighted by molar-refractivity contribution is 7.09. The van der Waals surface area contributed by atoms with Crippen molar-refractivity contribution in [1.29, 1.82) is 0 Å². The normalized spacial score (nSPS) is 11.1. The molecule has 0 aliphatic heterocycles. The number of halogens is 1. The van der Waals surface area contributed by atoms with Gasteiger partial charge in [0.25, 0.3) is 0 Å². The second-order valence-electron chi connectivity index (χ2n) is 7.16. The average Bonchev–Trinajstić information content (AvgIpc) is 3.43. The highest BCUT2D eigenvalue weighted by atomic mass is 35.5. The molecule has 0 bridgehead atoms. The summed E-state index contributed by atoms with van der Waals surface area (Å²) < 4.78 is 8.16. The minimum Gasteiger partial charge on any atom is -0.486 e. The lowest BCUT2D eigenvalue weighted by Gasteiger charge is -2.11. The van der Waals surface area contributed by atoms with E-state index in [1.807, 2.05) is 60.2 Å². The van der Waals surface area contributed by atoms with E-state index in [2.05, 4.69) is 26.7 Å². The Balaban J connectivity index is 1.34. The Hall–Kier alpha value is -3.22. The SMILES string of the molecule is Clc1ccc(Cn2c(COc3ccc(Cc4cncs4)cc3)nc3cccnc32)cc1. The van der Waals surface area contributed by atoms with Crippen molar-refractivity contribution in [2.75, 3.05) is 0 Å². The lowest BCUT2D eigenvalue weighted by atomic mass is 10.1. The predicted octanol–water partition coefficient (Wildman–Crippen LogP) is 5.76. The first-order chi connectivity index (χ1) is 15.2. The molecule has 0 fully saturated rings. The van der Waals surface area contributed by atoms with E-state index in [-0.39, 0.29) is 0 Å². The molecule has 0 N–H and O–H groups in total. The van der Waals surface area contributed by atoms with Gasteiger partial charge >= 0.3 is 0 Å². The van der Waals surface area contributed by atoms with Crippen LogP contribution < -0.4 is 4.74 Å². The van der Waals surface area contributed by atoms with Gasteiger partial charge in [-0.15, -0.1) is 11.3 Å². The maximum Gasteiger partial charge on any atom is 0.160 e. The van der Waals surface area contributed by atoms with Crippen LogP contribution in [0.1, 0.15) is 21.8 Å². The molecule has 2 aromatic carbocycles. The van der Waals surface area contributed by atoms with Crippen molar-refractivity contribution in [2.24, 2.45) is 0 Å². The number of hydrogen-bond donors (Lipinski definition) is 0. The van der Waals surface area contributed by atoms with Crippen LogP contribution in [-0.4, -0.2) is 19.5 Å². The average molecular weight is 447 g/mol. The van der Waals surface area contributed by atoms with E-state index in [0.29, 0.717) is 13.2 Å². The lowest BCUT2D eigenvalue weighted by molar-refractivity contribution is 0.291. The molecule has 0 radical (unpaired) electrons. The first kappa shape index (κ1) is 19.7. The first-order valence-corrected chi connectivity index (χ1v) is 11.1. The quantitative estimate of drug-likeness (QED) is 0.319. The van der Waals surface area contributed by atoms with Gasteiger partial charge in [-0.1, -0.05) is 35.9 Å². The number of pyridine rings is 1. The molecular weight excluding hydrogens is 428 g/mol. The van der Waals surface area contributed by atoms with Crippen molar-refractivity contribution in [2.45, 2.75) is 19.6 Å². The molecule has 0 unspecified atom stereocenters. The van der Waals surface area contributed by atoms with Crippen molar-refractivity contribution in [3.63, 3.8) is 0 Å². The van der Waals surface area contributed by atoms with Crippen LogP contribution in [-0.2, 0) is 19.6 Å². The summed E-state index contributed by atoms with van der Waals surface area (Å²) in [5.41, 5.74) is 5.92. The number of nitrogens with zero attached hydrogens (tertiary/aromatic N) is 4. The van der Waals surface area contributed by atoms with E-state index in [0.717, 1.165) is 39.7 Å². The Labute approximate surface area is 189 Å². The largest absolute Gasteiger partial charge is 0.486 e. The lowest BCUT2D eigenvalue weighted by Crippen LogP contribution is -2.09. The van der Waals surface area contributed by atoms with Gasteiger partial charge in [0.05, 0.1) is 12.1 Å². The van der Waals surface area contributed by atoms with Crippen molar-refractivity contribution < 1.29 is 4.74 Å². The summed E-state index contributed by atoms with van der Waals surface area (Å²) in [7, 11) is 0. The smallest absolute Gasteiger partial charge is 0.160 e. The van der Waals surface area contributed by atoms with Gasteiger partial charge in [-0.05, 0) is 47.5 Å². The third-order valence-corrected chi connectivity index (χ3v) is 6.02. The van der Waals surface area contributed by atoms with Gasteiger partial charge in [0, 0.05) is 28.7 Å². The summed E-state index contributed by atoms with van der Waals surface area (Å²) in [5.74, 6) is 1.64. The maximum atomic E-state index is 6.07. The summed E-state index contributed by atoms with van der Waals surface area (Å²) >= 11 is 7.70. The van der Waals surface area contributed by atoms with Crippen LogP contribution in [0.25, 0.3) is 11.2 Å². The molecule has 154 valence electrons. The molecule has 0 atom stereocenters. The minimum absolute atomic E-state index is 0.359. The van der Waals surface area contributed by atoms with Gasteiger partial charge < -0.3 is 9.30 Å². The molecule has 5 rings (SSSR count). The molecule has 3 heterocycles. The van der Waals surface area contributed by atoms with E-state index in [9.17, 15) is 0 Å². The second kappa shape index (κ2) is 8.88. The Morgan fingerprint density at radius 1 is 0.968 bits per heavy atom. The second-order valence-corrected chi connectivity index (χ2v) is 8.57. The Morgan fingerprint density at radius 3 is 2.55 bits per heavy atom. The van der Waals surface area contributed by atoms with Crippen molar-refractivity contribution in [3.05, 3.63) is 105 Å². The van der Waals surface area contributed by atoms with Gasteiger partial charge in [0.15, 0.2) is 5.65 Å². The molecule has 5 nitrogen and oxygen atoms in total. The minimum atomic E-state index is 0.359. The number of imidazole rings is 1. The third kappa shape index (κ3) is 4.60. The zero-order valence-corrected chi connectivity index (χ0v) is 18.2. The van der Waals surface area contributed by atoms with E-state index in [4.69, 9.17) is 21.3 Å². The molecule has 7 heteroatoms. The Morgan fingerprint density at radius 2 is 1.77 bits per heavy atom. The summed E-state index contributed by atoms with van der Waals surface area (Å²) in [6.07, 6.45) is 4.58. The van der Waals surface area contributed by atoms with E-state index in [1.54, 1.807) is 17.5 Å². The van der Waals surface area contributed by atoms with Crippen LogP contribution in [0, 0.1) is 0 Å². The van der Waals surface area contributed by atoms with Gasteiger partial charge in [-0.25, -0.2) is 9.97 Å². The zero-order valence-electron chi connectivity index (χ0n) is 16.6. The Kier molecular flexibility index (Phi) is 5.65. The third-order valence-electron chi connectivity index (χ3n) is 4.99. The van der Waals surface area contributed by atoms with Gasteiger partial charge in [-0.2, -0.15) is 0 Å². The van der Waals surface area contributed by atoms with Gasteiger partial charge in [-0.3, -0.25) is 4.98 Å². The summed E-state index contributed by atoms with van der Waals surface area (Å²) in [6.45, 7) is 1.01. The molecule has 31 heavy (non-hydrogen) atoms. The van der Waals surface area contributed by atoms with Crippen LogP contribution in [0.2, 0.25) is 5.02 Å². The monoisotopic (exact) mass is 446 g/mol. The van der Waals surface area contributed by atoms with Crippen molar-refractivity contribution in [3.8, 4) is 5.75 Å². The van der Waals surface area contributed by atoms with Crippen LogP contribution in [0.15, 0.2) is 78.6 Å². The number of aromatic nitrogens is 4. The molecule has 0 amide bonds. The van der Waals surface area contributed by atoms with E-state index >= 15 is 0 Å². The summed E-state index contributed by atoms with van der Waals surface area (Å²) in [4.78, 5) is 14.7. The fourth-order valence-corrected chi connectivity index (χ4v) is 4.19. The number of hydrogen-bond acceptors (Lipinski definition) is 5. The molecular formula is C24H19ClN4OS. The van der Waals surface area contributed by atoms with Crippen LogP contribution >= 0.6 is 22.9 Å². The van der Waals surface area contributed by atoms with Crippen molar-refractivity contribution in [1.82, 2.24) is 19.5 Å². The van der Waals surface area contributed by atoms with Gasteiger partial charge in [0.2, 0.25) is 0 Å². The molecule has 5 aromatic rings. The fourth-order valence-electron chi connectivity index (χ4n) is 3.44. The number of fused-ring (bicyclic) bond motifs is 1. The highest BCUT2D eigenvalue weighted by Gasteiger charge is 2.13. The molecule has 0 saturated heterocycles. The van der Waals surface area contributed by atoms with Crippen molar-refractivity contribution >= 4 is 34.1 Å². The molecule has 0 saturated carbocycles. The predicted molar refractivity (Wildman–Crippen MR) is 124 cm³/mol. The van der Waals surface area contributed by atoms with Crippen LogP contribution in [0.4, 0.5) is 0 Å². The highest BCUT2D eigenvalue weighted by Crippen LogP contribution is 2.21. The number of ether oxygens (including phenoxy) is 1. The molecule has 0 spiro atoms. The molecule has 0 aliphatic rings. The number of rotatable bonds is 7. The Bertz CT molecular complexity index is 1280. The molecule has 3 aromatic heterocycles. The number of benzene rings is 2. The summed E-state index contributed by atoms with van der Waals surface area (Å²) in [5, 5.41) is 0.722. The fraction of sp³-hybridized carbons (Fsp3) is 0.125. The molecule has 0 aliphatic carbocycles. The standard InChI is InChI=1S/C24H19ClN4OS/c25-19-7-3-18(4-8-19)14-29-23(28-22-2-1-11-27-24(22)29)15-30-20-9-5-17(6-10-20)12-21-13-26-16-31-21/h1-11,13,16H,12,14-15H2. The van der Waals surface area contributed by atoms with Crippen LogP contribution in [0.3, 0.4) is 0 Å². The number of thiazole rings is 1. The van der Waals surface area contributed by atoms with Crippen LogP contribution in [0.5, 0.6) is 5.75 Å².